The Hall–Kier alpha value is -2.42. The molecule has 2 aromatic rings. The van der Waals surface area contributed by atoms with Crippen LogP contribution in [0.5, 0.6) is 5.75 Å². The molecule has 96 valence electrons. The Bertz CT molecular complexity index is 605. The molecule has 0 aliphatic heterocycles. The van der Waals surface area contributed by atoms with Gasteiger partial charge in [0.15, 0.2) is 6.29 Å². The quantitative estimate of drug-likeness (QED) is 0.759. The van der Waals surface area contributed by atoms with Gasteiger partial charge in [-0.2, -0.15) is 0 Å². The van der Waals surface area contributed by atoms with Crippen LogP contribution in [-0.2, 0) is 6.61 Å². The second-order valence-electron chi connectivity index (χ2n) is 3.99. The van der Waals surface area contributed by atoms with Crippen LogP contribution in [0.3, 0.4) is 0 Å². The van der Waals surface area contributed by atoms with Crippen molar-refractivity contribution in [3.8, 4) is 5.75 Å². The first-order chi connectivity index (χ1) is 9.24. The van der Waals surface area contributed by atoms with Crippen LogP contribution in [0.4, 0.5) is 4.39 Å². The predicted molar refractivity (Wildman–Crippen MR) is 72.7 cm³/mol. The standard InChI is InChI=1S/C16H13FO2/c1-2-12-7-8-15(17)9-14(12)11-19-16-6-4-3-5-13(16)10-18/h2-10H,1,11H2. The number of hydrogen-bond acceptors (Lipinski definition) is 2. The lowest BCUT2D eigenvalue weighted by Gasteiger charge is -2.10. The molecule has 0 heterocycles. The van der Waals surface area contributed by atoms with E-state index < -0.39 is 0 Å². The summed E-state index contributed by atoms with van der Waals surface area (Å²) in [5.74, 6) is 0.157. The second kappa shape index (κ2) is 5.96. The van der Waals surface area contributed by atoms with Crippen LogP contribution in [0, 0.1) is 5.82 Å². The van der Waals surface area contributed by atoms with Crippen LogP contribution in [-0.4, -0.2) is 6.29 Å². The Morgan fingerprint density at radius 2 is 1.95 bits per heavy atom. The van der Waals surface area contributed by atoms with Gasteiger partial charge < -0.3 is 4.74 Å². The Kier molecular flexibility index (Phi) is 4.08. The average molecular weight is 256 g/mol. The summed E-state index contributed by atoms with van der Waals surface area (Å²) in [5.41, 5.74) is 1.97. The fraction of sp³-hybridized carbons (Fsp3) is 0.0625. The fourth-order valence-corrected chi connectivity index (χ4v) is 1.76. The molecule has 0 fully saturated rings. The van der Waals surface area contributed by atoms with Crippen molar-refractivity contribution in [3.05, 3.63) is 71.6 Å². The van der Waals surface area contributed by atoms with E-state index in [1.54, 1.807) is 36.4 Å². The number of ether oxygens (including phenoxy) is 1. The van der Waals surface area contributed by atoms with E-state index in [1.807, 2.05) is 0 Å². The van der Waals surface area contributed by atoms with E-state index in [4.69, 9.17) is 4.74 Å². The van der Waals surface area contributed by atoms with Gasteiger partial charge in [0.25, 0.3) is 0 Å². The first kappa shape index (κ1) is 13.0. The molecule has 0 amide bonds. The zero-order valence-electron chi connectivity index (χ0n) is 10.3. The molecule has 0 radical (unpaired) electrons. The summed E-state index contributed by atoms with van der Waals surface area (Å²) in [4.78, 5) is 10.9. The summed E-state index contributed by atoms with van der Waals surface area (Å²) in [6.07, 6.45) is 2.37. The van der Waals surface area contributed by atoms with Crippen molar-refractivity contribution in [2.24, 2.45) is 0 Å². The number of hydrogen-bond donors (Lipinski definition) is 0. The molecule has 2 nitrogen and oxygen atoms in total. The van der Waals surface area contributed by atoms with Crippen LogP contribution in [0.25, 0.3) is 6.08 Å². The van der Waals surface area contributed by atoms with E-state index in [2.05, 4.69) is 6.58 Å². The maximum Gasteiger partial charge on any atom is 0.153 e. The predicted octanol–water partition coefficient (Wildman–Crippen LogP) is 3.86. The molecule has 3 heteroatoms. The van der Waals surface area contributed by atoms with E-state index in [9.17, 15) is 9.18 Å². The van der Waals surface area contributed by atoms with Crippen LogP contribution >= 0.6 is 0 Å². The van der Waals surface area contributed by atoms with Crippen molar-refractivity contribution in [2.75, 3.05) is 0 Å². The molecule has 2 rings (SSSR count). The molecule has 0 spiro atoms. The Labute approximate surface area is 111 Å². The first-order valence-electron chi connectivity index (χ1n) is 5.82. The highest BCUT2D eigenvalue weighted by molar-refractivity contribution is 5.79. The van der Waals surface area contributed by atoms with Gasteiger partial charge in [-0.3, -0.25) is 4.79 Å². The fourth-order valence-electron chi connectivity index (χ4n) is 1.76. The molecule has 0 aliphatic rings. The highest BCUT2D eigenvalue weighted by Crippen LogP contribution is 2.19. The summed E-state index contributed by atoms with van der Waals surface area (Å²) in [6, 6.07) is 11.3. The molecule has 0 aromatic heterocycles. The highest BCUT2D eigenvalue weighted by atomic mass is 19.1. The lowest BCUT2D eigenvalue weighted by Crippen LogP contribution is -2.00. The van der Waals surface area contributed by atoms with E-state index in [0.29, 0.717) is 16.9 Å². The van der Waals surface area contributed by atoms with Gasteiger partial charge in [-0.05, 0) is 35.4 Å². The molecular formula is C16H13FO2. The maximum atomic E-state index is 13.2. The normalized spacial score (nSPS) is 9.95. The number of aldehydes is 1. The monoisotopic (exact) mass is 256 g/mol. The molecule has 0 unspecified atom stereocenters. The van der Waals surface area contributed by atoms with Crippen LogP contribution in [0.15, 0.2) is 49.0 Å². The van der Waals surface area contributed by atoms with Crippen LogP contribution in [0.2, 0.25) is 0 Å². The average Bonchev–Trinajstić information content (AvgIpc) is 2.45. The van der Waals surface area contributed by atoms with E-state index >= 15 is 0 Å². The van der Waals surface area contributed by atoms with Gasteiger partial charge in [0, 0.05) is 0 Å². The smallest absolute Gasteiger partial charge is 0.153 e. The van der Waals surface area contributed by atoms with Gasteiger partial charge in [0.2, 0.25) is 0 Å². The largest absolute Gasteiger partial charge is 0.488 e. The molecule has 2 aromatic carbocycles. The minimum Gasteiger partial charge on any atom is -0.488 e. The van der Waals surface area contributed by atoms with E-state index in [1.165, 1.54) is 12.1 Å². The number of carbonyl (C=O) groups excluding carboxylic acids is 1. The maximum absolute atomic E-state index is 13.2. The summed E-state index contributed by atoms with van der Waals surface area (Å²) >= 11 is 0. The minimum atomic E-state index is -0.326. The highest BCUT2D eigenvalue weighted by Gasteiger charge is 2.05. The van der Waals surface area contributed by atoms with Gasteiger partial charge in [0.05, 0.1) is 5.56 Å². The van der Waals surface area contributed by atoms with Crippen molar-refractivity contribution in [1.29, 1.82) is 0 Å². The molecule has 0 bridgehead atoms. The third-order valence-corrected chi connectivity index (χ3v) is 2.75. The number of carbonyl (C=O) groups is 1. The van der Waals surface area contributed by atoms with Crippen molar-refractivity contribution < 1.29 is 13.9 Å². The van der Waals surface area contributed by atoms with Crippen molar-refractivity contribution in [3.63, 3.8) is 0 Å². The zero-order valence-corrected chi connectivity index (χ0v) is 10.3. The lowest BCUT2D eigenvalue weighted by molar-refractivity contribution is 0.111. The Morgan fingerprint density at radius 3 is 2.68 bits per heavy atom. The Morgan fingerprint density at radius 1 is 1.16 bits per heavy atom. The van der Waals surface area contributed by atoms with Crippen molar-refractivity contribution >= 4 is 12.4 Å². The van der Waals surface area contributed by atoms with Gasteiger partial charge in [-0.15, -0.1) is 0 Å². The van der Waals surface area contributed by atoms with Crippen LogP contribution in [0.1, 0.15) is 21.5 Å². The summed E-state index contributed by atoms with van der Waals surface area (Å²) in [6.45, 7) is 3.86. The van der Waals surface area contributed by atoms with Gasteiger partial charge in [-0.25, -0.2) is 4.39 Å². The molecule has 0 aliphatic carbocycles. The molecule has 0 saturated carbocycles. The van der Waals surface area contributed by atoms with Crippen molar-refractivity contribution in [1.82, 2.24) is 0 Å². The summed E-state index contributed by atoms with van der Waals surface area (Å²) < 4.78 is 18.8. The molecule has 0 N–H and O–H groups in total. The number of rotatable bonds is 5. The molecule has 0 saturated heterocycles. The molecular weight excluding hydrogens is 243 g/mol. The van der Waals surface area contributed by atoms with E-state index in [0.717, 1.165) is 11.8 Å². The topological polar surface area (TPSA) is 26.3 Å². The molecule has 19 heavy (non-hydrogen) atoms. The molecule has 0 atom stereocenters. The summed E-state index contributed by atoms with van der Waals surface area (Å²) in [7, 11) is 0. The SMILES string of the molecule is C=Cc1ccc(F)cc1COc1ccccc1C=O. The number of para-hydroxylation sites is 1. The number of benzene rings is 2. The van der Waals surface area contributed by atoms with Gasteiger partial charge in [0.1, 0.15) is 18.2 Å². The van der Waals surface area contributed by atoms with Crippen LogP contribution < -0.4 is 4.74 Å². The van der Waals surface area contributed by atoms with Crippen molar-refractivity contribution in [2.45, 2.75) is 6.61 Å². The van der Waals surface area contributed by atoms with Gasteiger partial charge >= 0.3 is 0 Å². The zero-order chi connectivity index (χ0) is 13.7. The third kappa shape index (κ3) is 3.07. The van der Waals surface area contributed by atoms with Gasteiger partial charge in [-0.1, -0.05) is 30.9 Å². The second-order valence-corrected chi connectivity index (χ2v) is 3.99. The summed E-state index contributed by atoms with van der Waals surface area (Å²) in [5, 5.41) is 0. The lowest BCUT2D eigenvalue weighted by atomic mass is 10.1. The van der Waals surface area contributed by atoms with E-state index in [-0.39, 0.29) is 12.4 Å². The Balaban J connectivity index is 2.20. The third-order valence-electron chi connectivity index (χ3n) is 2.75. The first-order valence-corrected chi connectivity index (χ1v) is 5.82. The number of halogens is 1. The minimum absolute atomic E-state index is 0.184.